The van der Waals surface area contributed by atoms with Crippen molar-refractivity contribution in [2.45, 2.75) is 116 Å². The first-order chi connectivity index (χ1) is 20.8. The average molecular weight is 623 g/mol. The highest BCUT2D eigenvalue weighted by molar-refractivity contribution is 7.46. The fourth-order valence-corrected chi connectivity index (χ4v) is 4.13. The molecular formula is C34H55O8P. The first kappa shape index (κ1) is 40.5. The second-order valence-corrected chi connectivity index (χ2v) is 11.3. The number of phosphoric ester groups is 1. The number of carbonyl (C=O) groups excluding carboxylic acids is 2. The lowest BCUT2D eigenvalue weighted by atomic mass is 10.1. The van der Waals surface area contributed by atoms with Crippen LogP contribution in [0.25, 0.3) is 0 Å². The highest BCUT2D eigenvalue weighted by Crippen LogP contribution is 2.35. The number of phosphoric acid groups is 1. The molecule has 0 aromatic heterocycles. The van der Waals surface area contributed by atoms with Gasteiger partial charge in [-0.2, -0.15) is 0 Å². The van der Waals surface area contributed by atoms with Crippen LogP contribution in [0, 0.1) is 0 Å². The summed E-state index contributed by atoms with van der Waals surface area (Å²) in [6.45, 7) is 3.34. The molecule has 8 nitrogen and oxygen atoms in total. The van der Waals surface area contributed by atoms with E-state index in [9.17, 15) is 14.2 Å². The third kappa shape index (κ3) is 32.2. The number of ether oxygens (including phenoxy) is 2. The van der Waals surface area contributed by atoms with E-state index in [4.69, 9.17) is 19.3 Å². The molecule has 1 atom stereocenters. The van der Waals surface area contributed by atoms with Crippen molar-refractivity contribution >= 4 is 19.8 Å². The van der Waals surface area contributed by atoms with E-state index >= 15 is 0 Å². The van der Waals surface area contributed by atoms with Gasteiger partial charge in [-0.1, -0.05) is 112 Å². The quantitative estimate of drug-likeness (QED) is 0.0307. The maximum Gasteiger partial charge on any atom is 0.469 e. The summed E-state index contributed by atoms with van der Waals surface area (Å²) in [4.78, 5) is 42.4. The molecule has 1 unspecified atom stereocenters. The van der Waals surface area contributed by atoms with Crippen molar-refractivity contribution in [1.29, 1.82) is 0 Å². The molecule has 0 aliphatic rings. The van der Waals surface area contributed by atoms with Crippen LogP contribution in [0.3, 0.4) is 0 Å². The molecule has 0 heterocycles. The van der Waals surface area contributed by atoms with Crippen LogP contribution in [-0.2, 0) is 28.2 Å². The van der Waals surface area contributed by atoms with Crippen LogP contribution in [0.15, 0.2) is 72.9 Å². The summed E-state index contributed by atoms with van der Waals surface area (Å²) >= 11 is 0. The van der Waals surface area contributed by atoms with Gasteiger partial charge in [0.15, 0.2) is 6.10 Å². The lowest BCUT2D eigenvalue weighted by Gasteiger charge is -2.18. The molecule has 0 aliphatic heterocycles. The molecule has 0 rings (SSSR count). The molecule has 0 bridgehead atoms. The van der Waals surface area contributed by atoms with Crippen molar-refractivity contribution in [3.63, 3.8) is 0 Å². The summed E-state index contributed by atoms with van der Waals surface area (Å²) in [6.07, 6.45) is 36.3. The van der Waals surface area contributed by atoms with Crippen LogP contribution in [0.5, 0.6) is 0 Å². The maximum atomic E-state index is 12.3. The van der Waals surface area contributed by atoms with Crippen LogP contribution >= 0.6 is 7.82 Å². The third-order valence-electron chi connectivity index (χ3n) is 6.06. The highest BCUT2D eigenvalue weighted by Gasteiger charge is 2.22. The maximum absolute atomic E-state index is 12.3. The van der Waals surface area contributed by atoms with Crippen molar-refractivity contribution in [3.05, 3.63) is 72.9 Å². The van der Waals surface area contributed by atoms with Crippen molar-refractivity contribution in [3.8, 4) is 0 Å². The Balaban J connectivity index is 4.17. The van der Waals surface area contributed by atoms with E-state index in [0.717, 1.165) is 70.6 Å². The number of unbranched alkanes of at least 4 members (excludes halogenated alkanes) is 8. The predicted molar refractivity (Wildman–Crippen MR) is 174 cm³/mol. The van der Waals surface area contributed by atoms with E-state index in [0.29, 0.717) is 12.8 Å². The summed E-state index contributed by atoms with van der Waals surface area (Å²) in [5.41, 5.74) is 0. The van der Waals surface area contributed by atoms with Gasteiger partial charge in [-0.3, -0.25) is 14.1 Å². The van der Waals surface area contributed by atoms with Gasteiger partial charge in [-0.15, -0.1) is 0 Å². The Labute approximate surface area is 259 Å². The van der Waals surface area contributed by atoms with Gasteiger partial charge in [0.2, 0.25) is 0 Å². The Bertz CT molecular complexity index is 927. The fraction of sp³-hybridized carbons (Fsp3) is 0.588. The van der Waals surface area contributed by atoms with Crippen LogP contribution in [-0.4, -0.2) is 41.0 Å². The van der Waals surface area contributed by atoms with Gasteiger partial charge in [0, 0.05) is 12.8 Å². The van der Waals surface area contributed by atoms with Crippen LogP contribution in [0.2, 0.25) is 0 Å². The zero-order valence-corrected chi connectivity index (χ0v) is 27.2. The van der Waals surface area contributed by atoms with Gasteiger partial charge in [0.25, 0.3) is 0 Å². The van der Waals surface area contributed by atoms with E-state index in [1.54, 1.807) is 0 Å². The van der Waals surface area contributed by atoms with Gasteiger partial charge in [0.1, 0.15) is 6.61 Å². The number of allylic oxidation sites excluding steroid dienone is 12. The molecule has 0 aromatic rings. The number of rotatable bonds is 27. The molecule has 9 heteroatoms. The number of hydrogen-bond acceptors (Lipinski definition) is 6. The molecule has 0 fully saturated rings. The Kier molecular flexibility index (Phi) is 27.8. The zero-order chi connectivity index (χ0) is 31.9. The van der Waals surface area contributed by atoms with Gasteiger partial charge in [-0.25, -0.2) is 4.57 Å². The lowest BCUT2D eigenvalue weighted by Crippen LogP contribution is -2.29. The fourth-order valence-electron chi connectivity index (χ4n) is 3.77. The van der Waals surface area contributed by atoms with Crippen molar-refractivity contribution in [2.24, 2.45) is 0 Å². The molecule has 0 amide bonds. The minimum Gasteiger partial charge on any atom is -0.462 e. The lowest BCUT2D eigenvalue weighted by molar-refractivity contribution is -0.161. The first-order valence-electron chi connectivity index (χ1n) is 15.8. The summed E-state index contributed by atoms with van der Waals surface area (Å²) in [5.74, 6) is -0.961. The summed E-state index contributed by atoms with van der Waals surface area (Å²) < 4.78 is 26.1. The molecule has 0 spiro atoms. The molecular weight excluding hydrogens is 567 g/mol. The number of carbonyl (C=O) groups is 2. The molecule has 2 N–H and O–H groups in total. The van der Waals surface area contributed by atoms with Crippen molar-refractivity contribution < 1.29 is 37.9 Å². The Morgan fingerprint density at radius 1 is 0.628 bits per heavy atom. The minimum absolute atomic E-state index is 0.158. The standard InChI is InChI=1S/C34H55O8P/c1-3-5-7-9-11-13-15-17-19-21-23-25-27-29-34(36)42-32(31-41-43(37,38)39)30-40-33(35)28-26-24-22-20-18-16-14-12-10-8-6-4-2/h5-9,11-15,17,19,32H,3-4,10,16,18,20-31H2,1-2H3,(H2,37,38,39)/b7-5+,8-6+,11-9+,14-12+,15-13+,19-17+. The molecule has 43 heavy (non-hydrogen) atoms. The SMILES string of the molecule is CC/C=C/C=C/C=C/C=C/CCCCCC(=O)OC(COC(=O)CCCCCCC/C=C/C/C=C/CC)COP(=O)(O)O. The minimum atomic E-state index is -4.76. The second kappa shape index (κ2) is 29.6. The van der Waals surface area contributed by atoms with Gasteiger partial charge < -0.3 is 19.3 Å². The monoisotopic (exact) mass is 622 g/mol. The van der Waals surface area contributed by atoms with Crippen molar-refractivity contribution in [1.82, 2.24) is 0 Å². The van der Waals surface area contributed by atoms with Gasteiger partial charge >= 0.3 is 19.8 Å². The molecule has 0 saturated heterocycles. The topological polar surface area (TPSA) is 119 Å². The van der Waals surface area contributed by atoms with Gasteiger partial charge in [0.05, 0.1) is 6.61 Å². The second-order valence-electron chi connectivity index (χ2n) is 10.1. The van der Waals surface area contributed by atoms with Crippen LogP contribution < -0.4 is 0 Å². The van der Waals surface area contributed by atoms with E-state index in [1.807, 2.05) is 36.5 Å². The molecule has 0 aliphatic carbocycles. The van der Waals surface area contributed by atoms with E-state index < -0.39 is 32.5 Å². The predicted octanol–water partition coefficient (Wildman–Crippen LogP) is 8.78. The Morgan fingerprint density at radius 2 is 1.16 bits per heavy atom. The van der Waals surface area contributed by atoms with E-state index in [1.165, 1.54) is 0 Å². The normalized spacial score (nSPS) is 13.5. The third-order valence-corrected chi connectivity index (χ3v) is 6.55. The molecule has 0 saturated carbocycles. The van der Waals surface area contributed by atoms with Crippen LogP contribution in [0.1, 0.15) is 110 Å². The highest BCUT2D eigenvalue weighted by atomic mass is 31.2. The zero-order valence-electron chi connectivity index (χ0n) is 26.3. The first-order valence-corrected chi connectivity index (χ1v) is 17.3. The smallest absolute Gasteiger partial charge is 0.462 e. The Hall–Kier alpha value is -2.51. The number of esters is 2. The Morgan fingerprint density at radius 3 is 1.84 bits per heavy atom. The molecule has 244 valence electrons. The van der Waals surface area contributed by atoms with E-state index in [-0.39, 0.29) is 19.4 Å². The molecule has 0 aromatic carbocycles. The number of hydrogen-bond donors (Lipinski definition) is 2. The summed E-state index contributed by atoms with van der Waals surface area (Å²) in [5, 5.41) is 0. The van der Waals surface area contributed by atoms with Gasteiger partial charge in [-0.05, 0) is 57.8 Å². The molecule has 0 radical (unpaired) electrons. The average Bonchev–Trinajstić information content (AvgIpc) is 2.97. The van der Waals surface area contributed by atoms with E-state index in [2.05, 4.69) is 54.8 Å². The van der Waals surface area contributed by atoms with Crippen LogP contribution in [0.4, 0.5) is 0 Å². The van der Waals surface area contributed by atoms with Crippen molar-refractivity contribution in [2.75, 3.05) is 13.2 Å². The summed E-state index contributed by atoms with van der Waals surface area (Å²) in [7, 11) is -4.76. The summed E-state index contributed by atoms with van der Waals surface area (Å²) in [6, 6.07) is 0. The largest absolute Gasteiger partial charge is 0.469 e.